The second kappa shape index (κ2) is 6.44. The molecule has 0 aliphatic heterocycles. The summed E-state index contributed by atoms with van der Waals surface area (Å²) in [5.41, 5.74) is 0.461. The molecule has 0 fully saturated rings. The van der Waals surface area contributed by atoms with E-state index in [4.69, 9.17) is 0 Å². The van der Waals surface area contributed by atoms with Crippen LogP contribution in [-0.2, 0) is 0 Å². The van der Waals surface area contributed by atoms with Crippen molar-refractivity contribution in [2.45, 2.75) is 33.6 Å². The van der Waals surface area contributed by atoms with Crippen LogP contribution in [0.1, 0.15) is 33.6 Å². The minimum Gasteiger partial charge on any atom is -0.318 e. The van der Waals surface area contributed by atoms with Gasteiger partial charge in [-0.2, -0.15) is 0 Å². The summed E-state index contributed by atoms with van der Waals surface area (Å²) < 4.78 is 0. The van der Waals surface area contributed by atoms with Crippen LogP contribution in [0.2, 0.25) is 0 Å². The summed E-state index contributed by atoms with van der Waals surface area (Å²) in [6.45, 7) is 10.1. The van der Waals surface area contributed by atoms with Crippen LogP contribution in [0.4, 0.5) is 0 Å². The molecule has 0 unspecified atom stereocenters. The van der Waals surface area contributed by atoms with Crippen molar-refractivity contribution < 1.29 is 0 Å². The Kier molecular flexibility index (Phi) is 6.39. The Bertz CT molecular complexity index is 100. The largest absolute Gasteiger partial charge is 0.318 e. The van der Waals surface area contributed by atoms with Gasteiger partial charge in [-0.1, -0.05) is 27.2 Å². The number of hydrogen-bond donors (Lipinski definition) is 2. The van der Waals surface area contributed by atoms with Crippen LogP contribution in [0, 0.1) is 5.41 Å². The molecule has 12 heavy (non-hydrogen) atoms. The number of nitrogens with one attached hydrogen (secondary N) is 2. The molecule has 0 rings (SSSR count). The molecule has 0 bridgehead atoms. The van der Waals surface area contributed by atoms with Gasteiger partial charge in [-0.15, -0.1) is 0 Å². The van der Waals surface area contributed by atoms with E-state index < -0.39 is 0 Å². The average Bonchev–Trinajstić information content (AvgIpc) is 1.98. The molecule has 0 aliphatic carbocycles. The lowest BCUT2D eigenvalue weighted by Crippen LogP contribution is -2.33. The van der Waals surface area contributed by atoms with Crippen molar-refractivity contribution in [3.8, 4) is 0 Å². The summed E-state index contributed by atoms with van der Waals surface area (Å²) in [5, 5.41) is 6.57. The smallest absolute Gasteiger partial charge is 0.00768 e. The van der Waals surface area contributed by atoms with Gasteiger partial charge in [-0.3, -0.25) is 0 Å². The van der Waals surface area contributed by atoms with Crippen LogP contribution < -0.4 is 10.6 Å². The van der Waals surface area contributed by atoms with E-state index in [2.05, 4.69) is 31.4 Å². The second-order valence-corrected chi connectivity index (χ2v) is 4.19. The molecule has 0 heterocycles. The molecule has 0 spiro atoms. The number of hydrogen-bond acceptors (Lipinski definition) is 2. The molecule has 0 saturated heterocycles. The third-order valence-corrected chi connectivity index (χ3v) is 2.08. The van der Waals surface area contributed by atoms with Gasteiger partial charge >= 0.3 is 0 Å². The fourth-order valence-electron chi connectivity index (χ4n) is 1.41. The number of likely N-dealkylation sites (N-methyl/N-ethyl adjacent to an activating group) is 1. The van der Waals surface area contributed by atoms with E-state index >= 15 is 0 Å². The molecule has 0 atom stereocenters. The minimum absolute atomic E-state index is 0.461. The fraction of sp³-hybridized carbons (Fsp3) is 1.00. The zero-order valence-corrected chi connectivity index (χ0v) is 9.04. The second-order valence-electron chi connectivity index (χ2n) is 4.19. The molecule has 2 nitrogen and oxygen atoms in total. The molecular formula is C10H24N2. The highest BCUT2D eigenvalue weighted by Gasteiger charge is 2.14. The molecule has 0 aromatic carbocycles. The molecule has 0 saturated carbocycles. The van der Waals surface area contributed by atoms with Crippen molar-refractivity contribution in [1.82, 2.24) is 10.6 Å². The lowest BCUT2D eigenvalue weighted by molar-refractivity contribution is 0.312. The van der Waals surface area contributed by atoms with E-state index in [1.54, 1.807) is 0 Å². The van der Waals surface area contributed by atoms with Gasteiger partial charge in [0.1, 0.15) is 0 Å². The highest BCUT2D eigenvalue weighted by atomic mass is 14.9. The minimum atomic E-state index is 0.461. The molecule has 0 aliphatic rings. The summed E-state index contributed by atoms with van der Waals surface area (Å²) in [4.78, 5) is 0. The highest BCUT2D eigenvalue weighted by Crippen LogP contribution is 2.20. The highest BCUT2D eigenvalue weighted by molar-refractivity contribution is 4.70. The first-order valence-electron chi connectivity index (χ1n) is 4.97. The predicted molar refractivity (Wildman–Crippen MR) is 55.5 cm³/mol. The van der Waals surface area contributed by atoms with Crippen molar-refractivity contribution in [1.29, 1.82) is 0 Å². The van der Waals surface area contributed by atoms with Gasteiger partial charge in [-0.05, 0) is 18.9 Å². The maximum atomic E-state index is 3.45. The fourth-order valence-corrected chi connectivity index (χ4v) is 1.41. The van der Waals surface area contributed by atoms with Gasteiger partial charge in [0.15, 0.2) is 0 Å². The van der Waals surface area contributed by atoms with Gasteiger partial charge < -0.3 is 10.6 Å². The van der Waals surface area contributed by atoms with Crippen molar-refractivity contribution >= 4 is 0 Å². The summed E-state index contributed by atoms with van der Waals surface area (Å²) in [7, 11) is 1.98. The maximum absolute atomic E-state index is 3.45. The molecule has 0 aromatic heterocycles. The van der Waals surface area contributed by atoms with E-state index in [1.165, 1.54) is 12.8 Å². The molecular weight excluding hydrogens is 148 g/mol. The van der Waals surface area contributed by atoms with E-state index in [9.17, 15) is 0 Å². The summed E-state index contributed by atoms with van der Waals surface area (Å²) in [6.07, 6.45) is 2.58. The Morgan fingerprint density at radius 2 is 1.83 bits per heavy atom. The van der Waals surface area contributed by atoms with Crippen LogP contribution in [0.3, 0.4) is 0 Å². The first-order chi connectivity index (χ1) is 5.62. The molecule has 74 valence electrons. The molecule has 2 N–H and O–H groups in total. The Labute approximate surface area is 77.1 Å². The van der Waals surface area contributed by atoms with E-state index in [-0.39, 0.29) is 0 Å². The summed E-state index contributed by atoms with van der Waals surface area (Å²) in [6, 6.07) is 0. The van der Waals surface area contributed by atoms with Gasteiger partial charge in [0, 0.05) is 19.6 Å². The summed E-state index contributed by atoms with van der Waals surface area (Å²) >= 11 is 0. The lowest BCUT2D eigenvalue weighted by atomic mass is 9.88. The first-order valence-corrected chi connectivity index (χ1v) is 4.97. The third kappa shape index (κ3) is 6.62. The zero-order valence-electron chi connectivity index (χ0n) is 9.04. The van der Waals surface area contributed by atoms with E-state index in [0.717, 1.165) is 19.6 Å². The predicted octanol–water partition coefficient (Wildman–Crippen LogP) is 1.62. The molecule has 0 radical (unpaired) electrons. The Morgan fingerprint density at radius 1 is 1.17 bits per heavy atom. The quantitative estimate of drug-likeness (QED) is 0.570. The lowest BCUT2D eigenvalue weighted by Gasteiger charge is -2.24. The summed E-state index contributed by atoms with van der Waals surface area (Å²) in [5.74, 6) is 0. The van der Waals surface area contributed by atoms with Crippen LogP contribution in [0.15, 0.2) is 0 Å². The Morgan fingerprint density at radius 3 is 2.33 bits per heavy atom. The molecule has 0 aromatic rings. The van der Waals surface area contributed by atoms with Crippen LogP contribution in [0.5, 0.6) is 0 Å². The topological polar surface area (TPSA) is 24.1 Å². The average molecular weight is 172 g/mol. The van der Waals surface area contributed by atoms with Crippen molar-refractivity contribution in [3.05, 3.63) is 0 Å². The Hall–Kier alpha value is -0.0800. The van der Waals surface area contributed by atoms with Gasteiger partial charge in [0.05, 0.1) is 0 Å². The molecule has 0 amide bonds. The van der Waals surface area contributed by atoms with E-state index in [0.29, 0.717) is 5.41 Å². The monoisotopic (exact) mass is 172 g/mol. The van der Waals surface area contributed by atoms with E-state index in [1.807, 2.05) is 7.05 Å². The zero-order chi connectivity index (χ0) is 9.45. The van der Waals surface area contributed by atoms with Crippen molar-refractivity contribution in [2.24, 2.45) is 5.41 Å². The third-order valence-electron chi connectivity index (χ3n) is 2.08. The van der Waals surface area contributed by atoms with Crippen molar-refractivity contribution in [3.63, 3.8) is 0 Å². The normalized spacial score (nSPS) is 12.0. The van der Waals surface area contributed by atoms with Gasteiger partial charge in [0.2, 0.25) is 0 Å². The van der Waals surface area contributed by atoms with Crippen LogP contribution in [0.25, 0.3) is 0 Å². The Balaban J connectivity index is 3.33. The van der Waals surface area contributed by atoms with Crippen LogP contribution >= 0.6 is 0 Å². The number of rotatable bonds is 7. The van der Waals surface area contributed by atoms with Gasteiger partial charge in [0.25, 0.3) is 0 Å². The van der Waals surface area contributed by atoms with Gasteiger partial charge in [-0.25, -0.2) is 0 Å². The molecule has 2 heteroatoms. The first kappa shape index (κ1) is 11.9. The van der Waals surface area contributed by atoms with Crippen LogP contribution in [-0.4, -0.2) is 26.7 Å². The standard InChI is InChI=1S/C10H24N2/c1-5-6-10(2,3)9-12-8-7-11-4/h11-12H,5-9H2,1-4H3. The maximum Gasteiger partial charge on any atom is 0.00768 e. The SMILES string of the molecule is CCCC(C)(C)CNCCNC. The van der Waals surface area contributed by atoms with Crippen molar-refractivity contribution in [2.75, 3.05) is 26.7 Å².